The number of amides is 4. The number of sulfonamides is 1. The number of aromatic nitrogens is 1. The summed E-state index contributed by atoms with van der Waals surface area (Å²) in [7, 11) is -1.14. The van der Waals surface area contributed by atoms with E-state index in [4.69, 9.17) is 19.2 Å². The Balaban J connectivity index is 0.000000686. The molecule has 0 spiro atoms. The molecule has 4 amide bonds. The Labute approximate surface area is 411 Å². The highest BCUT2D eigenvalue weighted by atomic mass is 32.2. The number of halogens is 3. The number of hydrogen-bond acceptors (Lipinski definition) is 12. The average Bonchev–Trinajstić information content (AvgIpc) is 4.20. The monoisotopic (exact) mass is 1000 g/mol. The highest BCUT2D eigenvalue weighted by molar-refractivity contribution is 7.91. The molecule has 388 valence electrons. The third kappa shape index (κ3) is 11.8. The van der Waals surface area contributed by atoms with Crippen LogP contribution in [0.5, 0.6) is 11.6 Å². The van der Waals surface area contributed by atoms with Crippen LogP contribution in [0.15, 0.2) is 60.7 Å². The van der Waals surface area contributed by atoms with Gasteiger partial charge in [0, 0.05) is 59.8 Å². The van der Waals surface area contributed by atoms with E-state index >= 15 is 0 Å². The number of alkyl halides is 3. The van der Waals surface area contributed by atoms with Crippen LogP contribution >= 0.6 is 0 Å². The second-order valence-electron chi connectivity index (χ2n) is 20.0. The fraction of sp³-hybridized carbons (Fsp3) is 0.580. The topological polar surface area (TPSA) is 195 Å². The summed E-state index contributed by atoms with van der Waals surface area (Å²) in [6.07, 6.45) is 1.88. The quantitative estimate of drug-likeness (QED) is 0.177. The molecule has 0 radical (unpaired) electrons. The van der Waals surface area contributed by atoms with Gasteiger partial charge in [0.1, 0.15) is 23.4 Å². The predicted molar refractivity (Wildman–Crippen MR) is 263 cm³/mol. The van der Waals surface area contributed by atoms with Gasteiger partial charge in [-0.2, -0.15) is 13.2 Å². The van der Waals surface area contributed by atoms with E-state index in [1.807, 2.05) is 53.9 Å². The number of methoxy groups -OCH3 is 1. The van der Waals surface area contributed by atoms with Gasteiger partial charge in [-0.3, -0.25) is 19.1 Å². The van der Waals surface area contributed by atoms with Crippen molar-refractivity contribution < 1.29 is 64.0 Å². The van der Waals surface area contributed by atoms with E-state index in [2.05, 4.69) is 45.7 Å². The number of carbonyl (C=O) groups is 4. The molecular formula is C50H71F3N6O10S. The van der Waals surface area contributed by atoms with Gasteiger partial charge in [-0.1, -0.05) is 38.1 Å². The number of nitrogens with one attached hydrogen (secondary N) is 3. The fourth-order valence-electron chi connectivity index (χ4n) is 9.15. The Morgan fingerprint density at radius 1 is 1.00 bits per heavy atom. The van der Waals surface area contributed by atoms with Crippen molar-refractivity contribution >= 4 is 50.3 Å². The lowest BCUT2D eigenvalue weighted by Crippen LogP contribution is -2.57. The number of ether oxygens (including phenoxy) is 4. The molecule has 4 fully saturated rings. The lowest BCUT2D eigenvalue weighted by Gasteiger charge is -2.28. The number of pyridine rings is 1. The summed E-state index contributed by atoms with van der Waals surface area (Å²) in [5.41, 5.74) is -1.19. The van der Waals surface area contributed by atoms with Crippen LogP contribution in [0.4, 0.5) is 23.7 Å². The van der Waals surface area contributed by atoms with Crippen molar-refractivity contribution in [2.24, 2.45) is 17.8 Å². The second-order valence-corrected chi connectivity index (χ2v) is 22.2. The summed E-state index contributed by atoms with van der Waals surface area (Å²) in [6.45, 7) is 10.6. The van der Waals surface area contributed by atoms with E-state index < -0.39 is 62.1 Å². The smallest absolute Gasteiger partial charge is 0.427 e. The molecule has 70 heavy (non-hydrogen) atoms. The summed E-state index contributed by atoms with van der Waals surface area (Å²) < 4.78 is 85.7. The molecule has 5 aliphatic rings. The number of anilines is 1. The van der Waals surface area contributed by atoms with Gasteiger partial charge >= 0.3 is 12.3 Å². The van der Waals surface area contributed by atoms with E-state index in [1.165, 1.54) is 7.05 Å². The summed E-state index contributed by atoms with van der Waals surface area (Å²) in [4.78, 5) is 61.8. The largest absolute Gasteiger partial charge is 0.497 e. The first-order valence-corrected chi connectivity index (χ1v) is 25.4. The average molecular weight is 1010 g/mol. The standard InChI is InChI=1S/C44H55N5O8S.C6H10F3NO2.3H2/c1-28-7-5-6-8-32-26-44(32,42(52)47-58(53,54)43(3)15-16-43)46-40(51)38-25-35(27-49(38)39(50)22-29(2)21-28)57-41-36-14-13-34(55-4)23-31(36)24-37(45-41)30-9-11-33(12-10-30)48-17-19-56-20-18-48;1-5(2,6(7,8)9)12-4(11)10-3;;;/h6,8-14,23-24,28-29,32,35,38H,5,7,15-22,25-27H2,1-4H3,(H,46,51)(H,47,52);1-3H3,(H,10,11);3*1H/b8-6-;;;;/t28-,29+,32+,35+,38-,44+;;;;/m0..../s1. The zero-order valence-electron chi connectivity index (χ0n) is 40.8. The van der Waals surface area contributed by atoms with E-state index in [0.29, 0.717) is 49.3 Å². The minimum atomic E-state index is -4.56. The molecule has 3 aliphatic heterocycles. The van der Waals surface area contributed by atoms with Crippen LogP contribution in [0.1, 0.15) is 90.3 Å². The zero-order valence-corrected chi connectivity index (χ0v) is 41.6. The maximum atomic E-state index is 14.4. The van der Waals surface area contributed by atoms with Gasteiger partial charge in [0.25, 0.3) is 5.91 Å². The number of morpholine rings is 1. The Kier molecular flexibility index (Phi) is 15.4. The summed E-state index contributed by atoms with van der Waals surface area (Å²) >= 11 is 0. The van der Waals surface area contributed by atoms with Crippen LogP contribution in [0, 0.1) is 17.8 Å². The maximum Gasteiger partial charge on any atom is 0.427 e. The number of alkyl carbamates (subject to hydrolysis) is 1. The number of rotatable bonds is 9. The molecule has 3 aromatic rings. The van der Waals surface area contributed by atoms with Crippen molar-refractivity contribution in [2.75, 3.05) is 51.9 Å². The minimum absolute atomic E-state index is 0. The Morgan fingerprint density at radius 3 is 2.34 bits per heavy atom. The van der Waals surface area contributed by atoms with Gasteiger partial charge in [0.05, 0.1) is 37.3 Å². The van der Waals surface area contributed by atoms with Gasteiger partial charge in [-0.05, 0) is 113 Å². The predicted octanol–water partition coefficient (Wildman–Crippen LogP) is 7.79. The van der Waals surface area contributed by atoms with Gasteiger partial charge in [0.2, 0.25) is 33.3 Å². The molecule has 8 rings (SSSR count). The molecule has 20 heteroatoms. The molecular weight excluding hydrogens is 934 g/mol. The van der Waals surface area contributed by atoms with Gasteiger partial charge in [-0.15, -0.1) is 0 Å². The summed E-state index contributed by atoms with van der Waals surface area (Å²) in [5, 5.41) is 6.52. The Bertz CT molecular complexity index is 2580. The molecule has 0 unspecified atom stereocenters. The van der Waals surface area contributed by atoms with Crippen LogP contribution in [-0.2, 0) is 33.9 Å². The molecule has 2 aromatic carbocycles. The molecule has 1 aromatic heterocycles. The van der Waals surface area contributed by atoms with Crippen LogP contribution in [-0.4, -0.2) is 123 Å². The second kappa shape index (κ2) is 20.6. The first kappa shape index (κ1) is 52.2. The maximum absolute atomic E-state index is 14.4. The lowest BCUT2D eigenvalue weighted by atomic mass is 9.91. The van der Waals surface area contributed by atoms with Crippen LogP contribution in [0.2, 0.25) is 0 Å². The van der Waals surface area contributed by atoms with E-state index in [9.17, 15) is 40.8 Å². The number of benzene rings is 2. The molecule has 2 aliphatic carbocycles. The van der Waals surface area contributed by atoms with Gasteiger partial charge in [0.15, 0.2) is 0 Å². The summed E-state index contributed by atoms with van der Waals surface area (Å²) in [6, 6.07) is 15.0. The third-order valence-electron chi connectivity index (χ3n) is 14.1. The number of nitrogens with zero attached hydrogens (tertiary/aromatic N) is 3. The van der Waals surface area contributed by atoms with Crippen LogP contribution in [0.3, 0.4) is 0 Å². The zero-order chi connectivity index (χ0) is 50.8. The molecule has 6 atom stereocenters. The van der Waals surface area contributed by atoms with Crippen LogP contribution < -0.4 is 29.7 Å². The minimum Gasteiger partial charge on any atom is -0.497 e. The summed E-state index contributed by atoms with van der Waals surface area (Å²) in [5.74, 6) is -0.280. The highest BCUT2D eigenvalue weighted by Crippen LogP contribution is 2.48. The van der Waals surface area contributed by atoms with Crippen molar-refractivity contribution in [3.8, 4) is 22.9 Å². The molecule has 2 saturated carbocycles. The van der Waals surface area contributed by atoms with Crippen molar-refractivity contribution in [3.63, 3.8) is 0 Å². The first-order valence-electron chi connectivity index (χ1n) is 23.9. The fourth-order valence-corrected chi connectivity index (χ4v) is 10.5. The molecule has 4 heterocycles. The van der Waals surface area contributed by atoms with Crippen molar-refractivity contribution in [1.29, 1.82) is 0 Å². The van der Waals surface area contributed by atoms with Gasteiger partial charge in [-0.25, -0.2) is 18.2 Å². The molecule has 2 saturated heterocycles. The number of fused-ring (bicyclic) bond motifs is 3. The van der Waals surface area contributed by atoms with Crippen molar-refractivity contribution in [3.05, 3.63) is 60.7 Å². The first-order chi connectivity index (χ1) is 33.0. The number of carbonyl (C=O) groups excluding carboxylic acids is 4. The molecule has 0 bridgehead atoms. The highest BCUT2D eigenvalue weighted by Gasteiger charge is 2.63. The van der Waals surface area contributed by atoms with E-state index in [1.54, 1.807) is 18.9 Å². The van der Waals surface area contributed by atoms with Gasteiger partial charge < -0.3 is 39.4 Å². The normalized spacial score (nSPS) is 26.4. The van der Waals surface area contributed by atoms with Crippen molar-refractivity contribution in [1.82, 2.24) is 25.2 Å². The Morgan fingerprint density at radius 2 is 1.70 bits per heavy atom. The van der Waals surface area contributed by atoms with Crippen molar-refractivity contribution in [2.45, 2.75) is 120 Å². The van der Waals surface area contributed by atoms with Crippen LogP contribution in [0.25, 0.3) is 22.0 Å². The molecule has 3 N–H and O–H groups in total. The lowest BCUT2D eigenvalue weighted by molar-refractivity contribution is -0.243. The molecule has 16 nitrogen and oxygen atoms in total. The number of hydrogen-bond donors (Lipinski definition) is 3. The number of allylic oxidation sites excluding steroid dienone is 1. The van der Waals surface area contributed by atoms with E-state index in [0.717, 1.165) is 68.2 Å². The SMILES string of the molecule is CNC(=O)OC(C)(C)C(F)(F)F.COc1ccc2c(O[C@@H]3C[C@H]4C(=O)N[C@]5(C(=O)NS(=O)(=O)C6(C)CC6)C[C@H]5/C=C\CC[C@H](C)C[C@@H](C)CC(=O)N4C3)nc(-c3ccc(N4CCOCC4)cc3)cc2c1.[HH].[HH].[HH]. The van der Waals surface area contributed by atoms with E-state index in [-0.39, 0.29) is 47.8 Å². The third-order valence-corrected chi connectivity index (χ3v) is 16.2. The Hall–Kier alpha value is -5.63.